The minimum absolute atomic E-state index is 0.00798. The van der Waals surface area contributed by atoms with E-state index in [1.807, 2.05) is 6.07 Å². The van der Waals surface area contributed by atoms with Crippen molar-refractivity contribution in [3.63, 3.8) is 0 Å². The van der Waals surface area contributed by atoms with Crippen LogP contribution >= 0.6 is 0 Å². The maximum absolute atomic E-state index is 12.7. The first kappa shape index (κ1) is 24.2. The van der Waals surface area contributed by atoms with E-state index in [4.69, 9.17) is 21.1 Å². The van der Waals surface area contributed by atoms with Crippen LogP contribution in [0.3, 0.4) is 0 Å². The van der Waals surface area contributed by atoms with Crippen LogP contribution in [-0.4, -0.2) is 36.3 Å². The van der Waals surface area contributed by atoms with Crippen molar-refractivity contribution in [2.45, 2.75) is 37.9 Å². The van der Waals surface area contributed by atoms with Crippen LogP contribution in [-0.2, 0) is 16.0 Å². The molecule has 5 N–H and O–H groups in total. The molecule has 1 aliphatic heterocycles. The van der Waals surface area contributed by atoms with Gasteiger partial charge in [0.15, 0.2) is 0 Å². The monoisotopic (exact) mass is 474 g/mol. The SMILES string of the molecule is NN=C(N)C1CC(=O)C2C=CC(NC(=O)c3ccc(OCCCCc4ccccc4)cc3)=CC2O1. The number of unbranched alkanes of at least 4 members (excludes halogenated alkanes) is 1. The molecule has 3 atom stereocenters. The fourth-order valence-electron chi connectivity index (χ4n) is 4.14. The average molecular weight is 475 g/mol. The predicted molar refractivity (Wildman–Crippen MR) is 134 cm³/mol. The number of hydrazone groups is 1. The summed E-state index contributed by atoms with van der Waals surface area (Å²) in [7, 11) is 0. The van der Waals surface area contributed by atoms with Crippen LogP contribution in [0.15, 0.2) is 83.6 Å². The highest BCUT2D eigenvalue weighted by atomic mass is 16.5. The molecule has 1 fully saturated rings. The van der Waals surface area contributed by atoms with Gasteiger partial charge in [-0.3, -0.25) is 9.59 Å². The van der Waals surface area contributed by atoms with Crippen molar-refractivity contribution in [1.29, 1.82) is 0 Å². The van der Waals surface area contributed by atoms with E-state index < -0.39 is 18.1 Å². The lowest BCUT2D eigenvalue weighted by atomic mass is 9.86. The van der Waals surface area contributed by atoms with Crippen LogP contribution in [0.1, 0.15) is 35.2 Å². The number of aryl methyl sites for hydroxylation is 1. The van der Waals surface area contributed by atoms with Crippen LogP contribution in [0.4, 0.5) is 0 Å². The molecule has 1 heterocycles. The number of hydrogen-bond donors (Lipinski definition) is 3. The maximum Gasteiger partial charge on any atom is 0.255 e. The number of hydrogen-bond acceptors (Lipinski definition) is 6. The van der Waals surface area contributed by atoms with Crippen molar-refractivity contribution in [2.24, 2.45) is 22.6 Å². The van der Waals surface area contributed by atoms with E-state index in [0.717, 1.165) is 25.0 Å². The number of nitrogens with two attached hydrogens (primary N) is 2. The number of Topliss-reactive ketones (excluding diaryl/α,β-unsaturated/α-hetero) is 1. The predicted octanol–water partition coefficient (Wildman–Crippen LogP) is 2.85. The first-order valence-electron chi connectivity index (χ1n) is 11.7. The molecule has 2 aliphatic rings. The van der Waals surface area contributed by atoms with E-state index >= 15 is 0 Å². The molecule has 35 heavy (non-hydrogen) atoms. The lowest BCUT2D eigenvalue weighted by molar-refractivity contribution is -0.134. The van der Waals surface area contributed by atoms with Gasteiger partial charge in [-0.1, -0.05) is 36.4 Å². The Morgan fingerprint density at radius 3 is 2.63 bits per heavy atom. The number of amides is 1. The zero-order valence-electron chi connectivity index (χ0n) is 19.4. The zero-order chi connectivity index (χ0) is 24.6. The number of amidine groups is 1. The number of rotatable bonds is 9. The molecule has 8 heteroatoms. The second-order valence-electron chi connectivity index (χ2n) is 8.59. The van der Waals surface area contributed by atoms with Crippen molar-refractivity contribution < 1.29 is 19.1 Å². The van der Waals surface area contributed by atoms with E-state index in [9.17, 15) is 9.59 Å². The molecule has 0 radical (unpaired) electrons. The van der Waals surface area contributed by atoms with Gasteiger partial charge in [-0.2, -0.15) is 5.10 Å². The molecule has 182 valence electrons. The highest BCUT2D eigenvalue weighted by molar-refractivity contribution is 5.96. The summed E-state index contributed by atoms with van der Waals surface area (Å²) < 4.78 is 11.7. The number of carbonyl (C=O) groups excluding carboxylic acids is 2. The van der Waals surface area contributed by atoms with Gasteiger partial charge in [0.1, 0.15) is 23.5 Å². The minimum Gasteiger partial charge on any atom is -0.494 e. The molecule has 0 aromatic heterocycles. The Hall–Kier alpha value is -3.91. The van der Waals surface area contributed by atoms with Crippen LogP contribution in [0.25, 0.3) is 0 Å². The molecule has 1 amide bonds. The third-order valence-corrected chi connectivity index (χ3v) is 6.09. The first-order valence-corrected chi connectivity index (χ1v) is 11.7. The van der Waals surface area contributed by atoms with Gasteiger partial charge in [0.25, 0.3) is 5.91 Å². The van der Waals surface area contributed by atoms with E-state index in [0.29, 0.717) is 17.9 Å². The number of ketones is 1. The Balaban J connectivity index is 1.26. The number of ether oxygens (including phenoxy) is 2. The van der Waals surface area contributed by atoms with Crippen molar-refractivity contribution >= 4 is 17.5 Å². The molecular weight excluding hydrogens is 444 g/mol. The molecule has 1 aliphatic carbocycles. The fraction of sp³-hybridized carbons (Fsp3) is 0.296. The summed E-state index contributed by atoms with van der Waals surface area (Å²) >= 11 is 0. The van der Waals surface area contributed by atoms with Gasteiger partial charge in [-0.05, 0) is 61.2 Å². The van der Waals surface area contributed by atoms with Gasteiger partial charge < -0.3 is 26.4 Å². The van der Waals surface area contributed by atoms with Gasteiger partial charge >= 0.3 is 0 Å². The van der Waals surface area contributed by atoms with Crippen molar-refractivity contribution in [3.8, 4) is 5.75 Å². The standard InChI is InChI=1S/C27H30N4O4/c28-26(31-29)25-17-23(32)22-14-11-20(16-24(22)35-25)30-27(33)19-9-12-21(13-10-19)34-15-5-4-8-18-6-2-1-3-7-18/h1-3,6-7,9-14,16,22,24-25H,4-5,8,15,17,29H2,(H2,28,31)(H,30,33). The average Bonchev–Trinajstić information content (AvgIpc) is 2.88. The minimum atomic E-state index is -0.667. The maximum atomic E-state index is 12.7. The van der Waals surface area contributed by atoms with Crippen LogP contribution in [0.2, 0.25) is 0 Å². The van der Waals surface area contributed by atoms with Gasteiger partial charge in [0, 0.05) is 17.7 Å². The molecule has 8 nitrogen and oxygen atoms in total. The summed E-state index contributed by atoms with van der Waals surface area (Å²) in [5, 5.41) is 6.29. The molecular formula is C27H30N4O4. The normalized spacial score (nSPS) is 21.7. The number of nitrogens with one attached hydrogen (secondary N) is 1. The summed E-state index contributed by atoms with van der Waals surface area (Å²) in [6, 6.07) is 17.4. The molecule has 3 unspecified atom stereocenters. The van der Waals surface area contributed by atoms with Gasteiger partial charge in [-0.15, -0.1) is 0 Å². The third-order valence-electron chi connectivity index (χ3n) is 6.09. The van der Waals surface area contributed by atoms with Gasteiger partial charge in [-0.25, -0.2) is 0 Å². The van der Waals surface area contributed by atoms with Crippen LogP contribution < -0.4 is 21.6 Å². The zero-order valence-corrected chi connectivity index (χ0v) is 19.4. The molecule has 0 spiro atoms. The first-order chi connectivity index (χ1) is 17.0. The second kappa shape index (κ2) is 11.5. The van der Waals surface area contributed by atoms with Gasteiger partial charge in [0.2, 0.25) is 0 Å². The quantitative estimate of drug-likeness (QED) is 0.169. The molecule has 0 saturated carbocycles. The summed E-state index contributed by atoms with van der Waals surface area (Å²) in [5.74, 6) is 5.33. The lowest BCUT2D eigenvalue weighted by Gasteiger charge is -2.34. The Morgan fingerprint density at radius 2 is 1.89 bits per heavy atom. The number of allylic oxidation sites excluding steroid dienone is 1. The Labute approximate surface area is 204 Å². The van der Waals surface area contributed by atoms with Crippen LogP contribution in [0, 0.1) is 5.92 Å². The molecule has 2 aromatic rings. The number of fused-ring (bicyclic) bond motifs is 1. The summed E-state index contributed by atoms with van der Waals surface area (Å²) in [4.78, 5) is 25.1. The van der Waals surface area contributed by atoms with Crippen molar-refractivity contribution in [2.75, 3.05) is 6.61 Å². The van der Waals surface area contributed by atoms with E-state index in [2.05, 4.69) is 34.7 Å². The van der Waals surface area contributed by atoms with E-state index in [1.54, 1.807) is 42.5 Å². The molecule has 0 bridgehead atoms. The topological polar surface area (TPSA) is 129 Å². The fourth-order valence-corrected chi connectivity index (χ4v) is 4.14. The number of nitrogens with zero attached hydrogens (tertiary/aromatic N) is 1. The smallest absolute Gasteiger partial charge is 0.255 e. The Morgan fingerprint density at radius 1 is 1.11 bits per heavy atom. The summed E-state index contributed by atoms with van der Waals surface area (Å²) in [6.45, 7) is 0.623. The summed E-state index contributed by atoms with van der Waals surface area (Å²) in [6.07, 6.45) is 7.11. The summed E-state index contributed by atoms with van der Waals surface area (Å²) in [5.41, 5.74) is 8.11. The number of carbonyl (C=O) groups is 2. The molecule has 1 saturated heterocycles. The van der Waals surface area contributed by atoms with Crippen molar-refractivity contribution in [1.82, 2.24) is 5.32 Å². The second-order valence-corrected chi connectivity index (χ2v) is 8.59. The van der Waals surface area contributed by atoms with E-state index in [1.165, 1.54) is 5.56 Å². The molecule has 4 rings (SSSR count). The highest BCUT2D eigenvalue weighted by Crippen LogP contribution is 2.28. The highest BCUT2D eigenvalue weighted by Gasteiger charge is 2.38. The lowest BCUT2D eigenvalue weighted by Crippen LogP contribution is -2.47. The molecule has 2 aromatic carbocycles. The third kappa shape index (κ3) is 6.36. The van der Waals surface area contributed by atoms with Crippen LogP contribution in [0.5, 0.6) is 5.75 Å². The van der Waals surface area contributed by atoms with Gasteiger partial charge in [0.05, 0.1) is 18.6 Å². The Kier molecular flexibility index (Phi) is 7.95. The largest absolute Gasteiger partial charge is 0.494 e. The Bertz CT molecular complexity index is 1130. The van der Waals surface area contributed by atoms with E-state index in [-0.39, 0.29) is 23.9 Å². The number of benzene rings is 2. The van der Waals surface area contributed by atoms with Crippen molar-refractivity contribution in [3.05, 3.63) is 89.6 Å².